The van der Waals surface area contributed by atoms with Crippen LogP contribution >= 0.6 is 8.58 Å². The minimum atomic E-state index is 1.12. The minimum Gasteiger partial charge on any atom is -0.119 e. The highest BCUT2D eigenvalue weighted by Crippen LogP contribution is 2.32. The molecule has 1 fully saturated rings. The van der Waals surface area contributed by atoms with Gasteiger partial charge in [0.15, 0.2) is 0 Å². The zero-order valence-electron chi connectivity index (χ0n) is 12.7. The van der Waals surface area contributed by atoms with Crippen molar-refractivity contribution < 1.29 is 0 Å². The molecule has 1 unspecified atom stereocenters. The molecule has 1 aliphatic carbocycles. The fourth-order valence-electron chi connectivity index (χ4n) is 3.05. The van der Waals surface area contributed by atoms with E-state index in [2.05, 4.69) is 6.92 Å². The average molecular weight is 270 g/mol. The lowest BCUT2D eigenvalue weighted by atomic mass is 10.1. The summed E-state index contributed by atoms with van der Waals surface area (Å²) in [5, 5.41) is 0. The van der Waals surface area contributed by atoms with Gasteiger partial charge in [0.1, 0.15) is 0 Å². The lowest BCUT2D eigenvalue weighted by molar-refractivity contribution is 0.585. The van der Waals surface area contributed by atoms with Crippen LogP contribution in [0.15, 0.2) is 0 Å². The van der Waals surface area contributed by atoms with Gasteiger partial charge in [-0.05, 0) is 31.1 Å². The predicted octanol–water partition coefficient (Wildman–Crippen LogP) is 6.53. The van der Waals surface area contributed by atoms with Crippen molar-refractivity contribution >= 4 is 8.58 Å². The number of hydrogen-bond acceptors (Lipinski definition) is 0. The lowest BCUT2D eigenvalue weighted by Crippen LogP contribution is -1.99. The summed E-state index contributed by atoms with van der Waals surface area (Å²) in [7, 11) is 1.29. The van der Waals surface area contributed by atoms with Crippen molar-refractivity contribution in [2.75, 3.05) is 6.16 Å². The minimum absolute atomic E-state index is 1.12. The first-order valence-corrected chi connectivity index (χ1v) is 9.95. The molecule has 0 aromatic rings. The quantitative estimate of drug-likeness (QED) is 0.240. The summed E-state index contributed by atoms with van der Waals surface area (Å²) in [4.78, 5) is 0. The van der Waals surface area contributed by atoms with Crippen LogP contribution in [0, 0.1) is 0 Å². The third-order valence-electron chi connectivity index (χ3n) is 4.32. The lowest BCUT2D eigenvalue weighted by Gasteiger charge is -2.13. The van der Waals surface area contributed by atoms with Gasteiger partial charge in [0.05, 0.1) is 0 Å². The first-order valence-electron chi connectivity index (χ1n) is 8.67. The van der Waals surface area contributed by atoms with Crippen LogP contribution in [0.1, 0.15) is 96.8 Å². The molecule has 18 heavy (non-hydrogen) atoms. The topological polar surface area (TPSA) is 0 Å². The van der Waals surface area contributed by atoms with E-state index >= 15 is 0 Å². The molecule has 1 heteroatoms. The van der Waals surface area contributed by atoms with Crippen LogP contribution in [0.5, 0.6) is 0 Å². The van der Waals surface area contributed by atoms with Gasteiger partial charge in [-0.1, -0.05) is 77.6 Å². The molecule has 0 radical (unpaired) electrons. The van der Waals surface area contributed by atoms with E-state index in [-0.39, 0.29) is 0 Å². The molecule has 0 saturated heterocycles. The molecule has 0 amide bonds. The predicted molar refractivity (Wildman–Crippen MR) is 87.3 cm³/mol. The molecule has 1 rings (SSSR count). The Morgan fingerprint density at radius 2 is 1.28 bits per heavy atom. The first kappa shape index (κ1) is 16.5. The molecule has 0 spiro atoms. The molecule has 0 bridgehead atoms. The van der Waals surface area contributed by atoms with Gasteiger partial charge in [0.25, 0.3) is 0 Å². The largest absolute Gasteiger partial charge is 0.119 e. The highest BCUT2D eigenvalue weighted by Gasteiger charge is 2.11. The molecule has 0 aliphatic heterocycles. The second-order valence-corrected chi connectivity index (χ2v) is 7.84. The zero-order chi connectivity index (χ0) is 12.9. The van der Waals surface area contributed by atoms with Crippen LogP contribution in [0.2, 0.25) is 0 Å². The number of hydrogen-bond donors (Lipinski definition) is 0. The van der Waals surface area contributed by atoms with Gasteiger partial charge in [-0.15, -0.1) is 8.58 Å². The van der Waals surface area contributed by atoms with Gasteiger partial charge in [0, 0.05) is 0 Å². The Bertz CT molecular complexity index is 159. The molecule has 108 valence electrons. The SMILES string of the molecule is CCCCCCCCCCPC1CCCCCC1. The molecule has 0 aromatic heterocycles. The molecular formula is C17H35P. The molecule has 1 aliphatic rings. The summed E-state index contributed by atoms with van der Waals surface area (Å²) >= 11 is 0. The molecular weight excluding hydrogens is 235 g/mol. The maximum atomic E-state index is 2.30. The average Bonchev–Trinajstić information content (AvgIpc) is 2.65. The van der Waals surface area contributed by atoms with Crippen LogP contribution in [0.25, 0.3) is 0 Å². The molecule has 0 aromatic carbocycles. The van der Waals surface area contributed by atoms with E-state index in [0.717, 1.165) is 5.66 Å². The Morgan fingerprint density at radius 3 is 1.89 bits per heavy atom. The molecule has 1 saturated carbocycles. The van der Waals surface area contributed by atoms with Gasteiger partial charge in [0.2, 0.25) is 0 Å². The molecule has 1 atom stereocenters. The van der Waals surface area contributed by atoms with Crippen LogP contribution in [0.4, 0.5) is 0 Å². The van der Waals surface area contributed by atoms with Crippen molar-refractivity contribution in [1.82, 2.24) is 0 Å². The van der Waals surface area contributed by atoms with Crippen LogP contribution < -0.4 is 0 Å². The normalized spacial score (nSPS) is 18.5. The fourth-order valence-corrected chi connectivity index (χ4v) is 4.73. The summed E-state index contributed by atoms with van der Waals surface area (Å²) in [6.45, 7) is 2.30. The van der Waals surface area contributed by atoms with Crippen molar-refractivity contribution in [2.45, 2.75) is 102 Å². The summed E-state index contributed by atoms with van der Waals surface area (Å²) in [6, 6.07) is 0. The standard InChI is InChI=1S/C17H35P/c1-2-3-4-5-6-7-10-13-16-18-17-14-11-8-9-12-15-17/h17-18H,2-16H2,1H3. The van der Waals surface area contributed by atoms with Crippen molar-refractivity contribution in [3.8, 4) is 0 Å². The van der Waals surface area contributed by atoms with Crippen molar-refractivity contribution in [1.29, 1.82) is 0 Å². The van der Waals surface area contributed by atoms with Crippen LogP contribution in [-0.4, -0.2) is 11.8 Å². The second kappa shape index (κ2) is 12.5. The Kier molecular flexibility index (Phi) is 11.4. The highest BCUT2D eigenvalue weighted by molar-refractivity contribution is 7.38. The van der Waals surface area contributed by atoms with Crippen molar-refractivity contribution in [3.05, 3.63) is 0 Å². The first-order chi connectivity index (χ1) is 8.93. The van der Waals surface area contributed by atoms with Gasteiger partial charge < -0.3 is 0 Å². The second-order valence-electron chi connectivity index (χ2n) is 6.12. The van der Waals surface area contributed by atoms with E-state index in [4.69, 9.17) is 0 Å². The van der Waals surface area contributed by atoms with Gasteiger partial charge >= 0.3 is 0 Å². The number of unbranched alkanes of at least 4 members (excludes halogenated alkanes) is 7. The summed E-state index contributed by atoms with van der Waals surface area (Å²) in [5.41, 5.74) is 1.12. The maximum Gasteiger partial charge on any atom is -0.0237 e. The molecule has 0 heterocycles. The zero-order valence-corrected chi connectivity index (χ0v) is 13.7. The summed E-state index contributed by atoms with van der Waals surface area (Å²) in [6.07, 6.45) is 22.5. The van der Waals surface area contributed by atoms with E-state index in [9.17, 15) is 0 Å². The third kappa shape index (κ3) is 9.37. The van der Waals surface area contributed by atoms with Crippen molar-refractivity contribution in [2.24, 2.45) is 0 Å². The highest BCUT2D eigenvalue weighted by atomic mass is 31.1. The van der Waals surface area contributed by atoms with E-state index in [0.29, 0.717) is 0 Å². The van der Waals surface area contributed by atoms with E-state index < -0.39 is 0 Å². The third-order valence-corrected chi connectivity index (χ3v) is 6.12. The van der Waals surface area contributed by atoms with E-state index in [1.165, 1.54) is 85.6 Å². The van der Waals surface area contributed by atoms with Gasteiger partial charge in [-0.3, -0.25) is 0 Å². The van der Waals surface area contributed by atoms with E-state index in [1.54, 1.807) is 19.0 Å². The van der Waals surface area contributed by atoms with Gasteiger partial charge in [-0.25, -0.2) is 0 Å². The van der Waals surface area contributed by atoms with Crippen molar-refractivity contribution in [3.63, 3.8) is 0 Å². The van der Waals surface area contributed by atoms with E-state index in [1.807, 2.05) is 0 Å². The summed E-state index contributed by atoms with van der Waals surface area (Å²) < 4.78 is 0. The number of rotatable bonds is 10. The Morgan fingerprint density at radius 1 is 0.722 bits per heavy atom. The molecule has 0 N–H and O–H groups in total. The summed E-state index contributed by atoms with van der Waals surface area (Å²) in [5.74, 6) is 0. The van der Waals surface area contributed by atoms with Crippen LogP contribution in [0.3, 0.4) is 0 Å². The maximum absolute atomic E-state index is 2.30. The Balaban J connectivity index is 1.80. The Labute approximate surface area is 117 Å². The smallest absolute Gasteiger partial charge is 0.0237 e. The van der Waals surface area contributed by atoms with Gasteiger partial charge in [-0.2, -0.15) is 0 Å². The Hall–Kier alpha value is 0.430. The molecule has 0 nitrogen and oxygen atoms in total. The van der Waals surface area contributed by atoms with Crippen LogP contribution in [-0.2, 0) is 0 Å². The monoisotopic (exact) mass is 270 g/mol. The fraction of sp³-hybridized carbons (Fsp3) is 1.00.